The van der Waals surface area contributed by atoms with E-state index in [1.807, 2.05) is 31.2 Å². The Morgan fingerprint density at radius 2 is 1.83 bits per heavy atom. The topological polar surface area (TPSA) is 55.4 Å². The summed E-state index contributed by atoms with van der Waals surface area (Å²) in [5.41, 5.74) is 2.29. The molecule has 0 aliphatic heterocycles. The van der Waals surface area contributed by atoms with Gasteiger partial charge in [-0.05, 0) is 49.7 Å². The number of halogens is 1. The molecule has 0 aromatic heterocycles. The van der Waals surface area contributed by atoms with Crippen LogP contribution in [-0.2, 0) is 11.2 Å². The molecule has 0 heterocycles. The Morgan fingerprint density at radius 1 is 1.17 bits per heavy atom. The summed E-state index contributed by atoms with van der Waals surface area (Å²) in [7, 11) is 1.55. The van der Waals surface area contributed by atoms with Crippen molar-refractivity contribution < 1.29 is 14.3 Å². The largest absolute Gasteiger partial charge is 0.496 e. The summed E-state index contributed by atoms with van der Waals surface area (Å²) in [6, 6.07) is 12.8. The molecule has 1 atom stereocenters. The van der Waals surface area contributed by atoms with Gasteiger partial charge in [0.25, 0.3) is 0 Å². The third-order valence-corrected chi connectivity index (χ3v) is 4.31. The molecule has 0 radical (unpaired) electrons. The fraction of sp³-hybridized carbons (Fsp3) is 0.263. The Hall–Kier alpha value is -2.14. The van der Waals surface area contributed by atoms with E-state index >= 15 is 0 Å². The first-order valence-corrected chi connectivity index (χ1v) is 8.42. The quantitative estimate of drug-likeness (QED) is 0.757. The molecule has 0 fully saturated rings. The zero-order valence-corrected chi connectivity index (χ0v) is 15.5. The summed E-state index contributed by atoms with van der Waals surface area (Å²) in [5.74, 6) is 0.443. The Balaban J connectivity index is 2.10. The Kier molecular flexibility index (Phi) is 6.15. The van der Waals surface area contributed by atoms with Gasteiger partial charge in [-0.1, -0.05) is 28.1 Å². The second-order valence-corrected chi connectivity index (χ2v) is 6.52. The molecule has 2 aromatic carbocycles. The first-order chi connectivity index (χ1) is 11.4. The van der Waals surface area contributed by atoms with Crippen molar-refractivity contribution in [3.8, 4) is 5.75 Å². The van der Waals surface area contributed by atoms with E-state index in [1.165, 1.54) is 6.92 Å². The van der Waals surface area contributed by atoms with Crippen molar-refractivity contribution >= 4 is 27.6 Å². The van der Waals surface area contributed by atoms with Crippen molar-refractivity contribution in [2.75, 3.05) is 7.11 Å². The molecule has 0 bridgehead atoms. The third kappa shape index (κ3) is 4.68. The molecule has 0 aliphatic rings. The normalized spacial score (nSPS) is 11.7. The van der Waals surface area contributed by atoms with Crippen LogP contribution in [0.3, 0.4) is 0 Å². The average molecular weight is 390 g/mol. The highest BCUT2D eigenvalue weighted by atomic mass is 79.9. The molecular formula is C19H20BrNO3. The molecule has 4 nitrogen and oxygen atoms in total. The van der Waals surface area contributed by atoms with Gasteiger partial charge >= 0.3 is 0 Å². The minimum absolute atomic E-state index is 0.0393. The summed E-state index contributed by atoms with van der Waals surface area (Å²) in [6.45, 7) is 3.44. The molecule has 2 rings (SSSR count). The predicted octanol–water partition coefficient (Wildman–Crippen LogP) is 4.08. The maximum atomic E-state index is 12.4. The fourth-order valence-corrected chi connectivity index (χ4v) is 2.70. The number of rotatable bonds is 6. The number of carbonyl (C=O) groups excluding carboxylic acids is 2. The zero-order valence-electron chi connectivity index (χ0n) is 13.9. The van der Waals surface area contributed by atoms with Gasteiger partial charge in [-0.15, -0.1) is 0 Å². The summed E-state index contributed by atoms with van der Waals surface area (Å²) in [4.78, 5) is 23.9. The fourth-order valence-electron chi connectivity index (χ4n) is 2.44. The summed E-state index contributed by atoms with van der Waals surface area (Å²) >= 11 is 3.40. The molecular weight excluding hydrogens is 370 g/mol. The molecule has 0 aliphatic carbocycles. The Bertz CT molecular complexity index is 741. The zero-order chi connectivity index (χ0) is 17.7. The smallest absolute Gasteiger partial charge is 0.225 e. The van der Waals surface area contributed by atoms with Gasteiger partial charge in [-0.25, -0.2) is 0 Å². The van der Waals surface area contributed by atoms with Gasteiger partial charge in [-0.2, -0.15) is 0 Å². The number of ketones is 1. The lowest BCUT2D eigenvalue weighted by atomic mass is 10.0. The van der Waals surface area contributed by atoms with E-state index in [0.29, 0.717) is 16.9 Å². The first kappa shape index (κ1) is 18.2. The molecule has 2 aromatic rings. The molecule has 126 valence electrons. The number of benzene rings is 2. The van der Waals surface area contributed by atoms with E-state index in [1.54, 1.807) is 25.3 Å². The first-order valence-electron chi connectivity index (χ1n) is 7.63. The van der Waals surface area contributed by atoms with E-state index in [0.717, 1.165) is 10.0 Å². The van der Waals surface area contributed by atoms with Gasteiger partial charge in [0.2, 0.25) is 5.91 Å². The standard InChI is InChI=1S/C19H20BrNO3/c1-12(14-4-7-17(20)8-5-14)21-19(23)11-16-10-15(13(2)22)6-9-18(16)24-3/h4-10,12H,11H2,1-3H3,(H,21,23). The second-order valence-electron chi connectivity index (χ2n) is 5.60. The third-order valence-electron chi connectivity index (χ3n) is 3.79. The summed E-state index contributed by atoms with van der Waals surface area (Å²) in [5, 5.41) is 2.97. The molecule has 1 amide bonds. The minimum atomic E-state index is -0.121. The maximum Gasteiger partial charge on any atom is 0.225 e. The Labute approximate surface area is 150 Å². The van der Waals surface area contributed by atoms with E-state index in [-0.39, 0.29) is 24.2 Å². The van der Waals surface area contributed by atoms with Gasteiger partial charge in [0.15, 0.2) is 5.78 Å². The van der Waals surface area contributed by atoms with Crippen LogP contribution in [0.25, 0.3) is 0 Å². The number of ether oxygens (including phenoxy) is 1. The van der Waals surface area contributed by atoms with E-state index in [2.05, 4.69) is 21.2 Å². The average Bonchev–Trinajstić information content (AvgIpc) is 2.55. The number of hydrogen-bond donors (Lipinski definition) is 1. The molecule has 0 saturated heterocycles. The van der Waals surface area contributed by atoms with Crippen LogP contribution in [0.4, 0.5) is 0 Å². The number of nitrogens with one attached hydrogen (secondary N) is 1. The van der Waals surface area contributed by atoms with E-state index in [9.17, 15) is 9.59 Å². The lowest BCUT2D eigenvalue weighted by Gasteiger charge is -2.15. The number of Topliss-reactive ketones (excluding diaryl/α,β-unsaturated/α-hetero) is 1. The van der Waals surface area contributed by atoms with Crippen LogP contribution in [-0.4, -0.2) is 18.8 Å². The molecule has 1 unspecified atom stereocenters. The van der Waals surface area contributed by atoms with Gasteiger partial charge in [0.1, 0.15) is 5.75 Å². The molecule has 5 heteroatoms. The van der Waals surface area contributed by atoms with Crippen molar-refractivity contribution in [2.45, 2.75) is 26.3 Å². The number of carbonyl (C=O) groups is 2. The van der Waals surface area contributed by atoms with Crippen LogP contribution in [0.15, 0.2) is 46.9 Å². The minimum Gasteiger partial charge on any atom is -0.496 e. The van der Waals surface area contributed by atoms with Crippen LogP contribution < -0.4 is 10.1 Å². The van der Waals surface area contributed by atoms with Gasteiger partial charge in [0, 0.05) is 15.6 Å². The van der Waals surface area contributed by atoms with Gasteiger partial charge in [-0.3, -0.25) is 9.59 Å². The maximum absolute atomic E-state index is 12.4. The number of hydrogen-bond acceptors (Lipinski definition) is 3. The summed E-state index contributed by atoms with van der Waals surface area (Å²) in [6.07, 6.45) is 0.158. The van der Waals surface area contributed by atoms with Gasteiger partial charge < -0.3 is 10.1 Å². The number of methoxy groups -OCH3 is 1. The summed E-state index contributed by atoms with van der Waals surface area (Å²) < 4.78 is 6.28. The lowest BCUT2D eigenvalue weighted by molar-refractivity contribution is -0.121. The van der Waals surface area contributed by atoms with Crippen LogP contribution in [0.2, 0.25) is 0 Å². The van der Waals surface area contributed by atoms with Crippen molar-refractivity contribution in [1.82, 2.24) is 5.32 Å². The van der Waals surface area contributed by atoms with Crippen LogP contribution >= 0.6 is 15.9 Å². The highest BCUT2D eigenvalue weighted by molar-refractivity contribution is 9.10. The van der Waals surface area contributed by atoms with Crippen molar-refractivity contribution in [1.29, 1.82) is 0 Å². The van der Waals surface area contributed by atoms with Crippen LogP contribution in [0.5, 0.6) is 5.75 Å². The van der Waals surface area contributed by atoms with E-state index < -0.39 is 0 Å². The highest BCUT2D eigenvalue weighted by Crippen LogP contribution is 2.22. The Morgan fingerprint density at radius 3 is 2.42 bits per heavy atom. The highest BCUT2D eigenvalue weighted by Gasteiger charge is 2.14. The number of amides is 1. The van der Waals surface area contributed by atoms with Crippen molar-refractivity contribution in [3.63, 3.8) is 0 Å². The van der Waals surface area contributed by atoms with E-state index in [4.69, 9.17) is 4.74 Å². The predicted molar refractivity (Wildman–Crippen MR) is 97.4 cm³/mol. The lowest BCUT2D eigenvalue weighted by Crippen LogP contribution is -2.28. The van der Waals surface area contributed by atoms with Crippen LogP contribution in [0.1, 0.15) is 41.4 Å². The van der Waals surface area contributed by atoms with Gasteiger partial charge in [0.05, 0.1) is 19.6 Å². The van der Waals surface area contributed by atoms with Crippen LogP contribution in [0, 0.1) is 0 Å². The molecule has 1 N–H and O–H groups in total. The van der Waals surface area contributed by atoms with Crippen molar-refractivity contribution in [3.05, 3.63) is 63.6 Å². The monoisotopic (exact) mass is 389 g/mol. The SMILES string of the molecule is COc1ccc(C(C)=O)cc1CC(=O)NC(C)c1ccc(Br)cc1. The molecule has 0 saturated carbocycles. The van der Waals surface area contributed by atoms with Crippen molar-refractivity contribution in [2.24, 2.45) is 0 Å². The molecule has 24 heavy (non-hydrogen) atoms. The second kappa shape index (κ2) is 8.11. The molecule has 0 spiro atoms.